The van der Waals surface area contributed by atoms with E-state index in [1.54, 1.807) is 0 Å². The minimum absolute atomic E-state index is 0.134. The average molecular weight is 220 g/mol. The quantitative estimate of drug-likeness (QED) is 0.672. The molecule has 0 bridgehead atoms. The zero-order valence-electron chi connectivity index (χ0n) is 7.86. The van der Waals surface area contributed by atoms with Crippen LogP contribution in [-0.2, 0) is 0 Å². The van der Waals surface area contributed by atoms with Crippen molar-refractivity contribution in [3.05, 3.63) is 0 Å². The fourth-order valence-corrected chi connectivity index (χ4v) is 0.775. The zero-order chi connectivity index (χ0) is 10.4. The van der Waals surface area contributed by atoms with Gasteiger partial charge in [0.2, 0.25) is 0 Å². The lowest BCUT2D eigenvalue weighted by Crippen LogP contribution is -2.05. The Balaban J connectivity index is 2.81. The van der Waals surface area contributed by atoms with Crippen LogP contribution in [-0.4, -0.2) is 41.7 Å². The summed E-state index contributed by atoms with van der Waals surface area (Å²) >= 11 is 5.44. The molecule has 0 aliphatic rings. The van der Waals surface area contributed by atoms with E-state index >= 15 is 0 Å². The highest BCUT2D eigenvalue weighted by Gasteiger charge is 2.07. The van der Waals surface area contributed by atoms with Crippen molar-refractivity contribution >= 4 is 11.6 Å². The highest BCUT2D eigenvalue weighted by Crippen LogP contribution is 2.13. The summed E-state index contributed by atoms with van der Waals surface area (Å²) in [6.07, 6.45) is 0. The highest BCUT2D eigenvalue weighted by molar-refractivity contribution is 6.17. The summed E-state index contributed by atoms with van der Waals surface area (Å²) in [4.78, 5) is 11.5. The van der Waals surface area contributed by atoms with Gasteiger partial charge in [0.15, 0.2) is 0 Å². The maximum absolute atomic E-state index is 5.44. The predicted molar refractivity (Wildman–Crippen MR) is 49.1 cm³/mol. The third-order valence-electron chi connectivity index (χ3n) is 1.25. The number of halogens is 1. The van der Waals surface area contributed by atoms with Gasteiger partial charge in [0.1, 0.15) is 6.61 Å². The van der Waals surface area contributed by atoms with Crippen molar-refractivity contribution in [2.75, 3.05) is 26.7 Å². The highest BCUT2D eigenvalue weighted by atomic mass is 35.5. The van der Waals surface area contributed by atoms with E-state index in [0.717, 1.165) is 0 Å². The molecular weight excluding hydrogens is 210 g/mol. The van der Waals surface area contributed by atoms with Crippen LogP contribution in [0.5, 0.6) is 18.0 Å². The van der Waals surface area contributed by atoms with Gasteiger partial charge in [0, 0.05) is 0 Å². The Morgan fingerprint density at radius 3 is 1.93 bits per heavy atom. The normalized spacial score (nSPS) is 9.64. The average Bonchev–Trinajstić information content (AvgIpc) is 2.25. The fourth-order valence-electron chi connectivity index (χ4n) is 0.697. The fraction of sp³-hybridized carbons (Fsp3) is 0.571. The molecule has 0 fully saturated rings. The topological polar surface area (TPSA) is 66.4 Å². The summed E-state index contributed by atoms with van der Waals surface area (Å²) in [5.74, 6) is 0.357. The minimum Gasteiger partial charge on any atom is -0.467 e. The molecule has 0 aliphatic carbocycles. The maximum Gasteiger partial charge on any atom is 0.325 e. The van der Waals surface area contributed by atoms with Crippen molar-refractivity contribution in [1.29, 1.82) is 0 Å². The van der Waals surface area contributed by atoms with Crippen LogP contribution < -0.4 is 14.2 Å². The van der Waals surface area contributed by atoms with Gasteiger partial charge in [0.25, 0.3) is 0 Å². The van der Waals surface area contributed by atoms with Gasteiger partial charge >= 0.3 is 18.0 Å². The first kappa shape index (κ1) is 10.8. The molecule has 1 aromatic heterocycles. The molecule has 0 aliphatic heterocycles. The number of ether oxygens (including phenoxy) is 3. The van der Waals surface area contributed by atoms with Crippen molar-refractivity contribution in [3.63, 3.8) is 0 Å². The van der Waals surface area contributed by atoms with Crippen LogP contribution in [0.15, 0.2) is 0 Å². The molecule has 78 valence electrons. The van der Waals surface area contributed by atoms with Gasteiger partial charge in [-0.2, -0.15) is 0 Å². The number of nitrogens with zero attached hydrogens (tertiary/aromatic N) is 3. The lowest BCUT2D eigenvalue weighted by molar-refractivity contribution is 0.280. The smallest absolute Gasteiger partial charge is 0.325 e. The Hall–Kier alpha value is -1.30. The van der Waals surface area contributed by atoms with Crippen molar-refractivity contribution < 1.29 is 14.2 Å². The van der Waals surface area contributed by atoms with E-state index in [-0.39, 0.29) is 18.0 Å². The Morgan fingerprint density at radius 2 is 1.50 bits per heavy atom. The van der Waals surface area contributed by atoms with Gasteiger partial charge in [-0.1, -0.05) is 0 Å². The van der Waals surface area contributed by atoms with Gasteiger partial charge in [-0.3, -0.25) is 0 Å². The molecule has 0 unspecified atom stereocenters. The second-order valence-corrected chi connectivity index (χ2v) is 2.51. The van der Waals surface area contributed by atoms with E-state index in [4.69, 9.17) is 25.8 Å². The Bertz CT molecular complexity index is 275. The molecule has 0 N–H and O–H groups in total. The molecule has 0 atom stereocenters. The van der Waals surface area contributed by atoms with Gasteiger partial charge in [0.05, 0.1) is 20.1 Å². The van der Waals surface area contributed by atoms with Crippen LogP contribution in [0.2, 0.25) is 0 Å². The number of methoxy groups -OCH3 is 2. The molecule has 0 amide bonds. The van der Waals surface area contributed by atoms with Crippen LogP contribution in [0.1, 0.15) is 0 Å². The molecule has 14 heavy (non-hydrogen) atoms. The van der Waals surface area contributed by atoms with Crippen molar-refractivity contribution in [2.24, 2.45) is 0 Å². The zero-order valence-corrected chi connectivity index (χ0v) is 8.61. The second-order valence-electron chi connectivity index (χ2n) is 2.13. The summed E-state index contributed by atoms with van der Waals surface area (Å²) in [5, 5.41) is 0. The van der Waals surface area contributed by atoms with Crippen molar-refractivity contribution in [3.8, 4) is 18.0 Å². The van der Waals surface area contributed by atoms with Crippen LogP contribution >= 0.6 is 11.6 Å². The van der Waals surface area contributed by atoms with E-state index in [2.05, 4.69) is 15.0 Å². The molecule has 6 nitrogen and oxygen atoms in total. The minimum atomic E-state index is 0.134. The van der Waals surface area contributed by atoms with Gasteiger partial charge in [-0.15, -0.1) is 26.6 Å². The largest absolute Gasteiger partial charge is 0.467 e. The Labute approximate surface area is 86.2 Å². The van der Waals surface area contributed by atoms with Crippen LogP contribution in [0, 0.1) is 0 Å². The number of alkyl halides is 1. The Morgan fingerprint density at radius 1 is 1.00 bits per heavy atom. The molecule has 0 saturated carbocycles. The third-order valence-corrected chi connectivity index (χ3v) is 1.40. The summed E-state index contributed by atoms with van der Waals surface area (Å²) in [7, 11) is 2.89. The van der Waals surface area contributed by atoms with E-state index in [1.165, 1.54) is 14.2 Å². The molecule has 0 radical (unpaired) electrons. The van der Waals surface area contributed by atoms with Gasteiger partial charge < -0.3 is 14.2 Å². The third kappa shape index (κ3) is 2.88. The summed E-state index contributed by atoms with van der Waals surface area (Å²) in [6.45, 7) is 0.317. The van der Waals surface area contributed by atoms with E-state index in [1.807, 2.05) is 0 Å². The number of hydrogen-bond donors (Lipinski definition) is 0. The molecule has 0 aromatic carbocycles. The maximum atomic E-state index is 5.44. The van der Waals surface area contributed by atoms with Gasteiger partial charge in [-0.25, -0.2) is 0 Å². The molecule has 0 spiro atoms. The Kier molecular flexibility index (Phi) is 4.18. The first-order valence-electron chi connectivity index (χ1n) is 3.83. The number of hydrogen-bond acceptors (Lipinski definition) is 6. The number of rotatable bonds is 5. The summed E-state index contributed by atoms with van der Waals surface area (Å²) in [6, 6.07) is 0.414. The predicted octanol–water partition coefficient (Wildman–Crippen LogP) is 0.506. The first-order valence-corrected chi connectivity index (χ1v) is 4.36. The molecule has 1 heterocycles. The molecule has 7 heteroatoms. The number of aromatic nitrogens is 3. The van der Waals surface area contributed by atoms with Crippen LogP contribution in [0.3, 0.4) is 0 Å². The van der Waals surface area contributed by atoms with E-state index < -0.39 is 0 Å². The van der Waals surface area contributed by atoms with Crippen LogP contribution in [0.25, 0.3) is 0 Å². The molecular formula is C7H10ClN3O3. The van der Waals surface area contributed by atoms with Gasteiger partial charge in [-0.05, 0) is 0 Å². The van der Waals surface area contributed by atoms with Crippen LogP contribution in [0.4, 0.5) is 0 Å². The summed E-state index contributed by atoms with van der Waals surface area (Å²) in [5.41, 5.74) is 0. The SMILES string of the molecule is COc1nc(OC)nc(OCCCl)n1. The molecule has 1 aromatic rings. The summed E-state index contributed by atoms with van der Waals surface area (Å²) < 4.78 is 14.7. The lowest BCUT2D eigenvalue weighted by atomic mass is 10.8. The second kappa shape index (κ2) is 5.43. The first-order chi connectivity index (χ1) is 6.80. The molecule has 1 rings (SSSR count). The molecule has 0 saturated heterocycles. The van der Waals surface area contributed by atoms with E-state index in [9.17, 15) is 0 Å². The lowest BCUT2D eigenvalue weighted by Gasteiger charge is -2.04. The standard InChI is InChI=1S/C7H10ClN3O3/c1-12-5-9-6(13-2)11-7(10-5)14-4-3-8/h3-4H2,1-2H3. The monoisotopic (exact) mass is 219 g/mol. The van der Waals surface area contributed by atoms with E-state index in [0.29, 0.717) is 12.5 Å². The van der Waals surface area contributed by atoms with Crippen molar-refractivity contribution in [2.45, 2.75) is 0 Å². The van der Waals surface area contributed by atoms with Crippen molar-refractivity contribution in [1.82, 2.24) is 15.0 Å².